The summed E-state index contributed by atoms with van der Waals surface area (Å²) in [6.45, 7) is 9.56. The number of nitro groups is 1. The predicted octanol–water partition coefficient (Wildman–Crippen LogP) is 2.16. The monoisotopic (exact) mass is 292 g/mol. The lowest BCUT2D eigenvalue weighted by Gasteiger charge is -2.39. The molecule has 21 heavy (non-hydrogen) atoms. The number of nitrogens with one attached hydrogen (secondary N) is 1. The first kappa shape index (κ1) is 15.7. The number of hydrogen-bond acceptors (Lipinski definition) is 5. The topological polar surface area (TPSA) is 61.7 Å². The van der Waals surface area contributed by atoms with Gasteiger partial charge in [-0.3, -0.25) is 19.9 Å². The molecule has 1 aliphatic rings. The third kappa shape index (κ3) is 3.71. The average Bonchev–Trinajstić information content (AvgIpc) is 2.47. The molecular formula is C15H24N4O2. The van der Waals surface area contributed by atoms with E-state index >= 15 is 0 Å². The molecule has 1 fully saturated rings. The molecule has 1 N–H and O–H groups in total. The van der Waals surface area contributed by atoms with E-state index < -0.39 is 0 Å². The van der Waals surface area contributed by atoms with Crippen molar-refractivity contribution in [3.8, 4) is 0 Å². The van der Waals surface area contributed by atoms with E-state index in [1.165, 1.54) is 0 Å². The Labute approximate surface area is 125 Å². The molecule has 6 heteroatoms. The van der Waals surface area contributed by atoms with Crippen LogP contribution in [-0.4, -0.2) is 54.0 Å². The lowest BCUT2D eigenvalue weighted by atomic mass is 10.1. The fourth-order valence-electron chi connectivity index (χ4n) is 2.98. The summed E-state index contributed by atoms with van der Waals surface area (Å²) in [5, 5.41) is 13.9. The summed E-state index contributed by atoms with van der Waals surface area (Å²) in [4.78, 5) is 15.5. The second kappa shape index (κ2) is 6.87. The molecule has 116 valence electrons. The van der Waals surface area contributed by atoms with Gasteiger partial charge in [0.05, 0.1) is 4.92 Å². The van der Waals surface area contributed by atoms with E-state index in [4.69, 9.17) is 0 Å². The predicted molar refractivity (Wildman–Crippen MR) is 84.6 cm³/mol. The van der Waals surface area contributed by atoms with Crippen LogP contribution in [0.2, 0.25) is 0 Å². The fourth-order valence-corrected chi connectivity index (χ4v) is 2.98. The van der Waals surface area contributed by atoms with Gasteiger partial charge in [-0.25, -0.2) is 0 Å². The summed E-state index contributed by atoms with van der Waals surface area (Å²) in [6, 6.07) is 5.89. The average molecular weight is 292 g/mol. The highest BCUT2D eigenvalue weighted by Crippen LogP contribution is 2.25. The smallest absolute Gasteiger partial charge is 0.292 e. The van der Waals surface area contributed by atoms with E-state index in [9.17, 15) is 10.1 Å². The Morgan fingerprint density at radius 2 is 2.19 bits per heavy atom. The van der Waals surface area contributed by atoms with Crippen LogP contribution in [0.3, 0.4) is 0 Å². The van der Waals surface area contributed by atoms with Gasteiger partial charge in [0.2, 0.25) is 0 Å². The zero-order valence-corrected chi connectivity index (χ0v) is 13.0. The van der Waals surface area contributed by atoms with Gasteiger partial charge >= 0.3 is 0 Å². The zero-order valence-electron chi connectivity index (χ0n) is 13.0. The largest absolute Gasteiger partial charge is 0.383 e. The molecule has 1 heterocycles. The first-order chi connectivity index (χ1) is 10.0. The van der Waals surface area contributed by atoms with Crippen molar-refractivity contribution >= 4 is 11.4 Å². The van der Waals surface area contributed by atoms with Gasteiger partial charge in [-0.05, 0) is 25.1 Å². The van der Waals surface area contributed by atoms with Crippen LogP contribution in [-0.2, 0) is 6.54 Å². The molecular weight excluding hydrogens is 268 g/mol. The number of rotatable bonds is 5. The minimum atomic E-state index is -0.349. The summed E-state index contributed by atoms with van der Waals surface area (Å²) in [5.41, 5.74) is 1.82. The van der Waals surface area contributed by atoms with Gasteiger partial charge in [-0.1, -0.05) is 13.0 Å². The summed E-state index contributed by atoms with van der Waals surface area (Å²) < 4.78 is 0. The molecule has 1 unspecified atom stereocenters. The Balaban J connectivity index is 2.05. The van der Waals surface area contributed by atoms with Crippen molar-refractivity contribution in [2.75, 3.05) is 38.5 Å². The number of nitro benzene ring substituents is 1. The molecule has 0 amide bonds. The summed E-state index contributed by atoms with van der Waals surface area (Å²) in [6.07, 6.45) is 0. The van der Waals surface area contributed by atoms with Crippen molar-refractivity contribution in [3.05, 3.63) is 33.9 Å². The van der Waals surface area contributed by atoms with Crippen LogP contribution in [0.25, 0.3) is 0 Å². The van der Waals surface area contributed by atoms with Gasteiger partial charge in [-0.15, -0.1) is 0 Å². The zero-order chi connectivity index (χ0) is 15.4. The number of piperazine rings is 1. The number of nitrogens with zero attached hydrogens (tertiary/aromatic N) is 3. The quantitative estimate of drug-likeness (QED) is 0.665. The number of likely N-dealkylation sites (N-methyl/N-ethyl adjacent to an activating group) is 1. The minimum absolute atomic E-state index is 0.130. The van der Waals surface area contributed by atoms with Gasteiger partial charge in [0.25, 0.3) is 5.69 Å². The van der Waals surface area contributed by atoms with E-state index in [0.717, 1.165) is 38.3 Å². The molecule has 1 atom stereocenters. The Morgan fingerprint density at radius 1 is 1.43 bits per heavy atom. The van der Waals surface area contributed by atoms with E-state index in [0.29, 0.717) is 11.7 Å². The molecule has 0 aliphatic carbocycles. The molecule has 0 bridgehead atoms. The Kier molecular flexibility index (Phi) is 5.14. The molecule has 6 nitrogen and oxygen atoms in total. The number of benzene rings is 1. The molecule has 1 aromatic carbocycles. The van der Waals surface area contributed by atoms with Crippen molar-refractivity contribution in [3.63, 3.8) is 0 Å². The van der Waals surface area contributed by atoms with E-state index in [1.54, 1.807) is 13.1 Å². The lowest BCUT2D eigenvalue weighted by Crippen LogP contribution is -2.51. The third-order valence-corrected chi connectivity index (χ3v) is 4.19. The first-order valence-electron chi connectivity index (χ1n) is 7.46. The molecule has 0 spiro atoms. The fraction of sp³-hybridized carbons (Fsp3) is 0.600. The highest BCUT2D eigenvalue weighted by atomic mass is 16.6. The maximum atomic E-state index is 10.9. The highest BCUT2D eigenvalue weighted by molar-refractivity contribution is 5.62. The maximum absolute atomic E-state index is 10.9. The van der Waals surface area contributed by atoms with Crippen molar-refractivity contribution in [2.45, 2.75) is 26.4 Å². The maximum Gasteiger partial charge on any atom is 0.292 e. The number of hydrogen-bond donors (Lipinski definition) is 1. The Morgan fingerprint density at radius 3 is 2.76 bits per heavy atom. The minimum Gasteiger partial charge on any atom is -0.383 e. The van der Waals surface area contributed by atoms with Crippen LogP contribution < -0.4 is 5.32 Å². The van der Waals surface area contributed by atoms with Crippen molar-refractivity contribution in [2.24, 2.45) is 0 Å². The Bertz CT molecular complexity index is 506. The molecule has 2 rings (SSSR count). The summed E-state index contributed by atoms with van der Waals surface area (Å²) in [7, 11) is 1.72. The van der Waals surface area contributed by atoms with Crippen LogP contribution in [0.15, 0.2) is 18.2 Å². The van der Waals surface area contributed by atoms with Crippen LogP contribution in [0.5, 0.6) is 0 Å². The van der Waals surface area contributed by atoms with Crippen LogP contribution in [0, 0.1) is 10.1 Å². The van der Waals surface area contributed by atoms with Gasteiger partial charge in [0, 0.05) is 45.3 Å². The van der Waals surface area contributed by atoms with Crippen LogP contribution >= 0.6 is 0 Å². The standard InChI is InChI=1S/C15H24N4O2/c1-4-18-8-7-17(10-12(18)2)11-13-5-6-15(19(20)21)14(9-13)16-3/h5-6,9,12,16H,4,7-8,10-11H2,1-3H3. The van der Waals surface area contributed by atoms with Crippen molar-refractivity contribution in [1.82, 2.24) is 9.80 Å². The molecule has 0 aromatic heterocycles. The molecule has 0 radical (unpaired) electrons. The van der Waals surface area contributed by atoms with Crippen molar-refractivity contribution < 1.29 is 4.92 Å². The van der Waals surface area contributed by atoms with Gasteiger partial charge in [0.15, 0.2) is 0 Å². The van der Waals surface area contributed by atoms with E-state index in [2.05, 4.69) is 29.0 Å². The lowest BCUT2D eigenvalue weighted by molar-refractivity contribution is -0.384. The summed E-state index contributed by atoms with van der Waals surface area (Å²) >= 11 is 0. The molecule has 1 saturated heterocycles. The van der Waals surface area contributed by atoms with Gasteiger partial charge in [-0.2, -0.15) is 0 Å². The SMILES string of the molecule is CCN1CCN(Cc2ccc([N+](=O)[O-])c(NC)c2)CC1C. The van der Waals surface area contributed by atoms with E-state index in [-0.39, 0.29) is 10.6 Å². The third-order valence-electron chi connectivity index (χ3n) is 4.19. The molecule has 0 saturated carbocycles. The highest BCUT2D eigenvalue weighted by Gasteiger charge is 2.22. The van der Waals surface area contributed by atoms with Gasteiger partial charge in [0.1, 0.15) is 5.69 Å². The summed E-state index contributed by atoms with van der Waals surface area (Å²) in [5.74, 6) is 0. The first-order valence-corrected chi connectivity index (χ1v) is 7.46. The second-order valence-corrected chi connectivity index (χ2v) is 5.57. The van der Waals surface area contributed by atoms with Crippen LogP contribution in [0.1, 0.15) is 19.4 Å². The van der Waals surface area contributed by atoms with Crippen molar-refractivity contribution in [1.29, 1.82) is 0 Å². The molecule has 1 aromatic rings. The van der Waals surface area contributed by atoms with Gasteiger partial charge < -0.3 is 5.32 Å². The Hall–Kier alpha value is -1.66. The molecule has 1 aliphatic heterocycles. The van der Waals surface area contributed by atoms with Crippen LogP contribution in [0.4, 0.5) is 11.4 Å². The normalized spacial score (nSPS) is 20.4. The number of anilines is 1. The second-order valence-electron chi connectivity index (χ2n) is 5.57. The van der Waals surface area contributed by atoms with E-state index in [1.807, 2.05) is 12.1 Å².